The fraction of sp³-hybridized carbons (Fsp3) is 0.529. The smallest absolute Gasteiger partial charge is 0.329 e. The van der Waals surface area contributed by atoms with E-state index in [1.807, 2.05) is 13.8 Å². The number of amides is 1. The average molecular weight is 386 g/mol. The van der Waals surface area contributed by atoms with Gasteiger partial charge in [-0.3, -0.25) is 9.52 Å². The van der Waals surface area contributed by atoms with Crippen LogP contribution in [0.3, 0.4) is 0 Å². The maximum Gasteiger partial charge on any atom is 0.329 e. The van der Waals surface area contributed by atoms with Crippen molar-refractivity contribution in [3.05, 3.63) is 24.3 Å². The highest BCUT2D eigenvalue weighted by Crippen LogP contribution is 2.18. The van der Waals surface area contributed by atoms with E-state index in [9.17, 15) is 23.1 Å². The molecule has 26 heavy (non-hydrogen) atoms. The van der Waals surface area contributed by atoms with Gasteiger partial charge in [-0.25, -0.2) is 13.2 Å². The van der Waals surface area contributed by atoms with Crippen molar-refractivity contribution in [2.75, 3.05) is 10.5 Å². The number of carboxylic acids is 1. The molecule has 0 aromatic heterocycles. The lowest BCUT2D eigenvalue weighted by molar-refractivity contribution is -0.146. The molecule has 0 aliphatic rings. The number of ether oxygens (including phenoxy) is 1. The number of anilines is 1. The third kappa shape index (κ3) is 6.91. The monoisotopic (exact) mass is 386 g/mol. The Morgan fingerprint density at radius 2 is 1.81 bits per heavy atom. The number of hydrogen-bond acceptors (Lipinski definition) is 5. The molecule has 1 atom stereocenters. The van der Waals surface area contributed by atoms with Gasteiger partial charge >= 0.3 is 5.97 Å². The number of carboxylic acid groups (broad SMARTS) is 1. The molecule has 1 rings (SSSR count). The van der Waals surface area contributed by atoms with Crippen LogP contribution in [0.5, 0.6) is 5.75 Å². The lowest BCUT2D eigenvalue weighted by Crippen LogP contribution is -2.53. The number of carbonyl (C=O) groups excluding carboxylic acids is 1. The fourth-order valence-electron chi connectivity index (χ4n) is 2.33. The first kappa shape index (κ1) is 21.8. The lowest BCUT2D eigenvalue weighted by atomic mass is 9.96. The number of nitrogens with one attached hydrogen (secondary N) is 2. The summed E-state index contributed by atoms with van der Waals surface area (Å²) in [6, 6.07) is 6.26. The fourth-order valence-corrected chi connectivity index (χ4v) is 3.31. The SMILES string of the molecule is CCCC(C)(NC(=O)CS(=O)(=O)Nc1ccc(OC(C)C)cc1)C(=O)O. The van der Waals surface area contributed by atoms with Crippen molar-refractivity contribution < 1.29 is 27.9 Å². The molecule has 0 radical (unpaired) electrons. The van der Waals surface area contributed by atoms with Gasteiger partial charge in [-0.05, 0) is 51.5 Å². The minimum Gasteiger partial charge on any atom is -0.491 e. The van der Waals surface area contributed by atoms with Crippen molar-refractivity contribution in [2.45, 2.75) is 52.2 Å². The highest BCUT2D eigenvalue weighted by atomic mass is 32.2. The third-order valence-corrected chi connectivity index (χ3v) is 4.65. The Labute approximate surface area is 154 Å². The molecular weight excluding hydrogens is 360 g/mol. The van der Waals surface area contributed by atoms with E-state index < -0.39 is 33.2 Å². The number of benzene rings is 1. The van der Waals surface area contributed by atoms with Crippen LogP contribution in [0.2, 0.25) is 0 Å². The van der Waals surface area contributed by atoms with Gasteiger partial charge in [0.15, 0.2) is 0 Å². The van der Waals surface area contributed by atoms with Gasteiger partial charge in [-0.15, -0.1) is 0 Å². The minimum absolute atomic E-state index is 0.00657. The van der Waals surface area contributed by atoms with Gasteiger partial charge in [0.25, 0.3) is 0 Å². The Balaban J connectivity index is 2.73. The second kappa shape index (κ2) is 8.88. The molecule has 0 saturated carbocycles. The van der Waals surface area contributed by atoms with E-state index in [1.54, 1.807) is 19.1 Å². The number of aliphatic carboxylic acids is 1. The van der Waals surface area contributed by atoms with Crippen molar-refractivity contribution >= 4 is 27.6 Å². The average Bonchev–Trinajstić information content (AvgIpc) is 2.47. The normalized spacial score (nSPS) is 13.7. The van der Waals surface area contributed by atoms with Crippen LogP contribution in [0, 0.1) is 0 Å². The number of carbonyl (C=O) groups is 2. The molecule has 9 heteroatoms. The van der Waals surface area contributed by atoms with Gasteiger partial charge < -0.3 is 15.2 Å². The van der Waals surface area contributed by atoms with Crippen LogP contribution in [0.25, 0.3) is 0 Å². The Kier molecular flexibility index (Phi) is 7.43. The van der Waals surface area contributed by atoms with Crippen LogP contribution >= 0.6 is 0 Å². The van der Waals surface area contributed by atoms with E-state index in [4.69, 9.17) is 4.74 Å². The van der Waals surface area contributed by atoms with E-state index in [0.717, 1.165) is 0 Å². The second-order valence-corrected chi connectivity index (χ2v) is 8.21. The number of rotatable bonds is 10. The molecule has 8 nitrogen and oxygen atoms in total. The molecule has 0 bridgehead atoms. The maximum atomic E-state index is 12.1. The van der Waals surface area contributed by atoms with E-state index in [1.165, 1.54) is 19.1 Å². The molecule has 0 saturated heterocycles. The zero-order valence-electron chi connectivity index (χ0n) is 15.4. The van der Waals surface area contributed by atoms with Gasteiger partial charge in [0.2, 0.25) is 15.9 Å². The summed E-state index contributed by atoms with van der Waals surface area (Å²) >= 11 is 0. The Hall–Kier alpha value is -2.29. The number of sulfonamides is 1. The summed E-state index contributed by atoms with van der Waals surface area (Å²) in [6.07, 6.45) is 0.713. The highest BCUT2D eigenvalue weighted by molar-refractivity contribution is 7.93. The molecule has 1 unspecified atom stereocenters. The quantitative estimate of drug-likeness (QED) is 0.565. The van der Waals surface area contributed by atoms with E-state index >= 15 is 0 Å². The summed E-state index contributed by atoms with van der Waals surface area (Å²) in [5.74, 6) is -2.36. The molecule has 0 aliphatic heterocycles. The summed E-state index contributed by atoms with van der Waals surface area (Å²) < 4.78 is 32.0. The summed E-state index contributed by atoms with van der Waals surface area (Å²) in [7, 11) is -3.98. The predicted octanol–water partition coefficient (Wildman–Crippen LogP) is 1.98. The van der Waals surface area contributed by atoms with Crippen molar-refractivity contribution in [2.24, 2.45) is 0 Å². The van der Waals surface area contributed by atoms with Crippen LogP contribution < -0.4 is 14.8 Å². The topological polar surface area (TPSA) is 122 Å². The van der Waals surface area contributed by atoms with Crippen LogP contribution in [-0.2, 0) is 19.6 Å². The standard InChI is InChI=1S/C17H26N2O6S/c1-5-10-17(4,16(21)22)18-15(20)11-26(23,24)19-13-6-8-14(9-7-13)25-12(2)3/h6-9,12,19H,5,10-11H2,1-4H3,(H,18,20)(H,21,22). The van der Waals surface area contributed by atoms with E-state index in [2.05, 4.69) is 10.0 Å². The van der Waals surface area contributed by atoms with Crippen molar-refractivity contribution in [1.82, 2.24) is 5.32 Å². The molecule has 1 aromatic carbocycles. The summed E-state index contributed by atoms with van der Waals surface area (Å²) in [6.45, 7) is 6.87. The van der Waals surface area contributed by atoms with Crippen molar-refractivity contribution in [1.29, 1.82) is 0 Å². The molecular formula is C17H26N2O6S. The summed E-state index contributed by atoms with van der Waals surface area (Å²) in [4.78, 5) is 23.3. The van der Waals surface area contributed by atoms with E-state index in [-0.39, 0.29) is 18.2 Å². The molecule has 0 spiro atoms. The summed E-state index contributed by atoms with van der Waals surface area (Å²) in [5.41, 5.74) is -1.22. The second-order valence-electron chi connectivity index (χ2n) is 6.49. The molecule has 1 aromatic rings. The molecule has 0 aliphatic carbocycles. The van der Waals surface area contributed by atoms with Gasteiger partial charge in [0, 0.05) is 5.69 Å². The predicted molar refractivity (Wildman–Crippen MR) is 98.7 cm³/mol. The van der Waals surface area contributed by atoms with Crippen LogP contribution in [-0.4, -0.2) is 42.8 Å². The maximum absolute atomic E-state index is 12.1. The first-order chi connectivity index (χ1) is 12.0. The highest BCUT2D eigenvalue weighted by Gasteiger charge is 2.34. The van der Waals surface area contributed by atoms with Crippen LogP contribution in [0.15, 0.2) is 24.3 Å². The Morgan fingerprint density at radius 1 is 1.23 bits per heavy atom. The molecule has 3 N–H and O–H groups in total. The first-order valence-electron chi connectivity index (χ1n) is 8.29. The summed E-state index contributed by atoms with van der Waals surface area (Å²) in [5, 5.41) is 11.5. The first-order valence-corrected chi connectivity index (χ1v) is 9.94. The Morgan fingerprint density at radius 3 is 2.27 bits per heavy atom. The largest absolute Gasteiger partial charge is 0.491 e. The van der Waals surface area contributed by atoms with Crippen molar-refractivity contribution in [3.63, 3.8) is 0 Å². The van der Waals surface area contributed by atoms with Gasteiger partial charge in [0.05, 0.1) is 6.10 Å². The van der Waals surface area contributed by atoms with Gasteiger partial charge in [0.1, 0.15) is 17.0 Å². The van der Waals surface area contributed by atoms with E-state index in [0.29, 0.717) is 12.2 Å². The van der Waals surface area contributed by atoms with Gasteiger partial charge in [-0.1, -0.05) is 13.3 Å². The van der Waals surface area contributed by atoms with Gasteiger partial charge in [-0.2, -0.15) is 0 Å². The molecule has 0 fully saturated rings. The van der Waals surface area contributed by atoms with Crippen molar-refractivity contribution in [3.8, 4) is 5.75 Å². The number of hydrogen-bond donors (Lipinski definition) is 3. The molecule has 1 amide bonds. The third-order valence-electron chi connectivity index (χ3n) is 3.46. The molecule has 0 heterocycles. The van der Waals surface area contributed by atoms with Crippen LogP contribution in [0.4, 0.5) is 5.69 Å². The van der Waals surface area contributed by atoms with Crippen LogP contribution in [0.1, 0.15) is 40.5 Å². The lowest BCUT2D eigenvalue weighted by Gasteiger charge is -2.25. The Bertz CT molecular complexity index is 730. The molecule has 146 valence electrons. The zero-order valence-corrected chi connectivity index (χ0v) is 16.2. The zero-order chi connectivity index (χ0) is 20.0. The minimum atomic E-state index is -3.98.